The summed E-state index contributed by atoms with van der Waals surface area (Å²) in [6.07, 6.45) is 7.41. The summed E-state index contributed by atoms with van der Waals surface area (Å²) in [4.78, 5) is 12.9. The highest BCUT2D eigenvalue weighted by molar-refractivity contribution is 7.91. The molecule has 3 aliphatic rings. The molecule has 172 valence electrons. The summed E-state index contributed by atoms with van der Waals surface area (Å²) >= 11 is 0. The van der Waals surface area contributed by atoms with Crippen LogP contribution in [0, 0.1) is 0 Å². The summed E-state index contributed by atoms with van der Waals surface area (Å²) in [5.41, 5.74) is 6.39. The van der Waals surface area contributed by atoms with E-state index in [0.717, 1.165) is 24.3 Å². The highest BCUT2D eigenvalue weighted by atomic mass is 32.2. The monoisotopic (exact) mass is 463 g/mol. The van der Waals surface area contributed by atoms with Crippen molar-refractivity contribution in [2.75, 3.05) is 11.9 Å². The number of anilines is 1. The lowest BCUT2D eigenvalue weighted by molar-refractivity contribution is 0.0981. The van der Waals surface area contributed by atoms with Gasteiger partial charge < -0.3 is 9.88 Å². The number of nitrogens with zero attached hydrogens (tertiary/aromatic N) is 1. The van der Waals surface area contributed by atoms with Crippen LogP contribution in [0.2, 0.25) is 0 Å². The number of para-hydroxylation sites is 1. The molecule has 1 aliphatic heterocycles. The lowest BCUT2D eigenvalue weighted by atomic mass is 9.81. The molecule has 0 spiro atoms. The van der Waals surface area contributed by atoms with Crippen molar-refractivity contribution in [3.05, 3.63) is 53.6 Å². The van der Waals surface area contributed by atoms with Gasteiger partial charge in [-0.1, -0.05) is 43.5 Å². The minimum Gasteiger partial charge on any atom is -0.383 e. The van der Waals surface area contributed by atoms with Gasteiger partial charge in [-0.05, 0) is 55.4 Å². The predicted molar refractivity (Wildman–Crippen MR) is 131 cm³/mol. The van der Waals surface area contributed by atoms with Crippen LogP contribution in [-0.2, 0) is 16.6 Å². The van der Waals surface area contributed by atoms with Crippen LogP contribution in [-0.4, -0.2) is 30.7 Å². The molecule has 2 N–H and O–H groups in total. The van der Waals surface area contributed by atoms with Gasteiger partial charge in [0.25, 0.3) is 5.91 Å². The first kappa shape index (κ1) is 20.8. The molecule has 7 heteroatoms. The van der Waals surface area contributed by atoms with Crippen molar-refractivity contribution in [3.8, 4) is 11.3 Å². The first-order chi connectivity index (χ1) is 16.0. The lowest BCUT2D eigenvalue weighted by Crippen LogP contribution is -2.33. The van der Waals surface area contributed by atoms with Crippen molar-refractivity contribution in [2.24, 2.45) is 0 Å². The van der Waals surface area contributed by atoms with Gasteiger partial charge in [-0.25, -0.2) is 13.1 Å². The van der Waals surface area contributed by atoms with Crippen LogP contribution < -0.4 is 10.0 Å². The Bertz CT molecular complexity index is 1350. The summed E-state index contributed by atoms with van der Waals surface area (Å²) in [6, 6.07) is 14.2. The van der Waals surface area contributed by atoms with Gasteiger partial charge in [-0.3, -0.25) is 4.79 Å². The third kappa shape index (κ3) is 3.62. The minimum absolute atomic E-state index is 0.396. The fraction of sp³-hybridized carbons (Fsp3) is 0.423. The molecule has 2 aromatic carbocycles. The zero-order valence-electron chi connectivity index (χ0n) is 18.6. The van der Waals surface area contributed by atoms with Crippen molar-refractivity contribution in [1.29, 1.82) is 0 Å². The molecule has 2 aliphatic carbocycles. The van der Waals surface area contributed by atoms with E-state index in [4.69, 9.17) is 0 Å². The van der Waals surface area contributed by atoms with E-state index >= 15 is 0 Å². The summed E-state index contributed by atoms with van der Waals surface area (Å²) in [6.45, 7) is 1.59. The van der Waals surface area contributed by atoms with Gasteiger partial charge in [0.05, 0.1) is 10.9 Å². The second-order valence-electron chi connectivity index (χ2n) is 9.63. The Morgan fingerprint density at radius 3 is 2.58 bits per heavy atom. The molecular weight excluding hydrogens is 434 g/mol. The zero-order valence-corrected chi connectivity index (χ0v) is 19.5. The number of carbonyl (C=O) groups is 1. The Morgan fingerprint density at radius 1 is 1.00 bits per heavy atom. The first-order valence-corrected chi connectivity index (χ1v) is 13.6. The Labute approximate surface area is 194 Å². The molecule has 2 heterocycles. The maximum Gasteiger partial charge on any atom is 0.264 e. The zero-order chi connectivity index (χ0) is 22.6. The molecule has 0 radical (unpaired) electrons. The second kappa shape index (κ2) is 7.90. The van der Waals surface area contributed by atoms with Crippen molar-refractivity contribution in [1.82, 2.24) is 9.29 Å². The maximum absolute atomic E-state index is 12.9. The van der Waals surface area contributed by atoms with Crippen LogP contribution >= 0.6 is 0 Å². The molecule has 0 atom stereocenters. The normalized spacial score (nSPS) is 18.8. The van der Waals surface area contributed by atoms with Gasteiger partial charge in [0, 0.05) is 40.8 Å². The summed E-state index contributed by atoms with van der Waals surface area (Å²) in [5.74, 6) is -0.0377. The minimum atomic E-state index is -3.58. The molecule has 3 aromatic rings. The highest BCUT2D eigenvalue weighted by Crippen LogP contribution is 2.46. The average Bonchev–Trinajstić information content (AvgIpc) is 3.65. The number of rotatable bonds is 4. The van der Waals surface area contributed by atoms with Crippen LogP contribution in [0.15, 0.2) is 42.5 Å². The van der Waals surface area contributed by atoms with E-state index in [1.54, 1.807) is 6.07 Å². The van der Waals surface area contributed by atoms with Crippen LogP contribution in [0.25, 0.3) is 22.2 Å². The first-order valence-electron chi connectivity index (χ1n) is 12.1. The number of fused-ring (bicyclic) bond motifs is 5. The maximum atomic E-state index is 12.9. The predicted octanol–water partition coefficient (Wildman–Crippen LogP) is 5.00. The van der Waals surface area contributed by atoms with Crippen molar-refractivity contribution in [3.63, 3.8) is 0 Å². The van der Waals surface area contributed by atoms with Crippen molar-refractivity contribution < 1.29 is 13.2 Å². The van der Waals surface area contributed by atoms with E-state index in [-0.39, 0.29) is 0 Å². The molecule has 0 saturated heterocycles. The average molecular weight is 464 g/mol. The Hall–Kier alpha value is -2.80. The van der Waals surface area contributed by atoms with Gasteiger partial charge in [0.15, 0.2) is 0 Å². The summed E-state index contributed by atoms with van der Waals surface area (Å²) in [7, 11) is -3.58. The van der Waals surface area contributed by atoms with Crippen LogP contribution in [0.1, 0.15) is 66.8 Å². The number of aromatic nitrogens is 1. The van der Waals surface area contributed by atoms with E-state index in [0.29, 0.717) is 24.3 Å². The van der Waals surface area contributed by atoms with Crippen LogP contribution in [0.3, 0.4) is 0 Å². The Balaban J connectivity index is 1.51. The topological polar surface area (TPSA) is 80.2 Å². The molecule has 0 unspecified atom stereocenters. The molecule has 1 aromatic heterocycles. The highest BCUT2D eigenvalue weighted by Gasteiger charge is 2.37. The van der Waals surface area contributed by atoms with E-state index in [1.165, 1.54) is 54.3 Å². The molecular formula is C26H29N3O3S. The van der Waals surface area contributed by atoms with Gasteiger partial charge in [-0.15, -0.1) is 0 Å². The SMILES string of the molecule is O=C(NS(=O)(=O)C1CC1)c1ccc2c(C3CCCCC3)c3n(c2c1)CCNc1ccccc1-3. The molecule has 1 amide bonds. The van der Waals surface area contributed by atoms with Crippen molar-refractivity contribution >= 4 is 32.5 Å². The lowest BCUT2D eigenvalue weighted by Gasteiger charge is -2.23. The third-order valence-corrected chi connectivity index (χ3v) is 9.23. The fourth-order valence-corrected chi connectivity index (χ4v) is 6.94. The molecule has 6 nitrogen and oxygen atoms in total. The quantitative estimate of drug-likeness (QED) is 0.570. The van der Waals surface area contributed by atoms with Gasteiger partial charge in [0.1, 0.15) is 0 Å². The smallest absolute Gasteiger partial charge is 0.264 e. The number of hydrogen-bond acceptors (Lipinski definition) is 4. The molecule has 2 fully saturated rings. The van der Waals surface area contributed by atoms with Gasteiger partial charge in [-0.2, -0.15) is 0 Å². The molecule has 6 rings (SSSR count). The number of sulfonamides is 1. The third-order valence-electron chi connectivity index (χ3n) is 7.41. The van der Waals surface area contributed by atoms with E-state index in [1.807, 2.05) is 12.1 Å². The fourth-order valence-electron chi connectivity index (χ4n) is 5.64. The van der Waals surface area contributed by atoms with E-state index in [2.05, 4.69) is 38.9 Å². The summed E-state index contributed by atoms with van der Waals surface area (Å²) < 4.78 is 29.3. The van der Waals surface area contributed by atoms with Crippen molar-refractivity contribution in [2.45, 2.75) is 62.7 Å². The number of amides is 1. The molecule has 0 bridgehead atoms. The summed E-state index contributed by atoms with van der Waals surface area (Å²) in [5, 5.41) is 4.33. The number of hydrogen-bond donors (Lipinski definition) is 2. The van der Waals surface area contributed by atoms with E-state index in [9.17, 15) is 13.2 Å². The van der Waals surface area contributed by atoms with Crippen LogP contribution in [0.4, 0.5) is 5.69 Å². The van der Waals surface area contributed by atoms with Crippen LogP contribution in [0.5, 0.6) is 0 Å². The van der Waals surface area contributed by atoms with Gasteiger partial charge >= 0.3 is 0 Å². The largest absolute Gasteiger partial charge is 0.383 e. The van der Waals surface area contributed by atoms with E-state index < -0.39 is 21.2 Å². The Morgan fingerprint density at radius 2 is 1.79 bits per heavy atom. The Kier molecular flexibility index (Phi) is 4.98. The number of nitrogens with one attached hydrogen (secondary N) is 2. The molecule has 2 saturated carbocycles. The molecule has 33 heavy (non-hydrogen) atoms. The van der Waals surface area contributed by atoms with Gasteiger partial charge in [0.2, 0.25) is 10.0 Å². The standard InChI is InChI=1S/C26H29N3O3S/c30-26(28-33(31,32)19-11-12-19)18-10-13-21-23(16-18)29-15-14-27-22-9-5-4-8-20(22)25(29)24(21)17-6-2-1-3-7-17/h4-5,8-10,13,16-17,19,27H,1-3,6-7,11-12,14-15H2,(H,28,30). The number of benzene rings is 2. The second-order valence-corrected chi connectivity index (χ2v) is 11.6. The number of carbonyl (C=O) groups excluding carboxylic acids is 1.